The van der Waals surface area contributed by atoms with Crippen molar-refractivity contribution in [1.82, 2.24) is 4.98 Å². The largest absolute Gasteiger partial charge is 0.438 e. The Morgan fingerprint density at radius 3 is 3.06 bits per heavy atom. The van der Waals surface area contributed by atoms with Crippen LogP contribution in [0.3, 0.4) is 0 Å². The summed E-state index contributed by atoms with van der Waals surface area (Å²) < 4.78 is 11.3. The fourth-order valence-electron chi connectivity index (χ4n) is 2.09. The van der Waals surface area contributed by atoms with E-state index in [0.29, 0.717) is 17.5 Å². The summed E-state index contributed by atoms with van der Waals surface area (Å²) in [5.41, 5.74) is 7.96. The lowest BCUT2D eigenvalue weighted by molar-refractivity contribution is 0.0730. The molecule has 4 heteroatoms. The molecule has 0 amide bonds. The number of anilines is 1. The number of nitrogens with zero attached hydrogens (tertiary/aromatic N) is 1. The van der Waals surface area contributed by atoms with Gasteiger partial charge in [0.15, 0.2) is 5.58 Å². The number of hydrogen-bond donors (Lipinski definition) is 1. The molecule has 1 aliphatic rings. The Balaban J connectivity index is 2.04. The van der Waals surface area contributed by atoms with Gasteiger partial charge in [-0.3, -0.25) is 0 Å². The van der Waals surface area contributed by atoms with Crippen LogP contribution >= 0.6 is 0 Å². The first-order valence-electron chi connectivity index (χ1n) is 5.51. The SMILES string of the molecule is CC1CCOC1c1nc2ccc(N)cc2o1. The van der Waals surface area contributed by atoms with Crippen LogP contribution in [0.1, 0.15) is 25.3 Å². The smallest absolute Gasteiger partial charge is 0.224 e. The molecule has 2 atom stereocenters. The van der Waals surface area contributed by atoms with Crippen molar-refractivity contribution in [1.29, 1.82) is 0 Å². The van der Waals surface area contributed by atoms with Gasteiger partial charge >= 0.3 is 0 Å². The first-order chi connectivity index (χ1) is 7.74. The number of nitrogen functional groups attached to an aromatic ring is 1. The fourth-order valence-corrected chi connectivity index (χ4v) is 2.09. The molecule has 1 fully saturated rings. The van der Waals surface area contributed by atoms with Gasteiger partial charge in [-0.15, -0.1) is 0 Å². The first kappa shape index (κ1) is 9.66. The van der Waals surface area contributed by atoms with Gasteiger partial charge in [-0.1, -0.05) is 6.92 Å². The number of aromatic nitrogens is 1. The molecule has 2 N–H and O–H groups in total. The summed E-state index contributed by atoms with van der Waals surface area (Å²) in [7, 11) is 0. The van der Waals surface area contributed by atoms with Crippen LogP contribution in [0.25, 0.3) is 11.1 Å². The second-order valence-corrected chi connectivity index (χ2v) is 4.34. The lowest BCUT2D eigenvalue weighted by atomic mass is 10.0. The third-order valence-electron chi connectivity index (χ3n) is 3.06. The standard InChI is InChI=1S/C12H14N2O2/c1-7-4-5-15-11(7)12-14-9-3-2-8(13)6-10(9)16-12/h2-3,6-7,11H,4-5,13H2,1H3. The molecule has 1 saturated heterocycles. The van der Waals surface area contributed by atoms with Crippen molar-refractivity contribution in [3.63, 3.8) is 0 Å². The molecule has 0 saturated carbocycles. The van der Waals surface area contributed by atoms with E-state index in [1.54, 1.807) is 6.07 Å². The topological polar surface area (TPSA) is 61.3 Å². The molecule has 16 heavy (non-hydrogen) atoms. The summed E-state index contributed by atoms with van der Waals surface area (Å²) in [5, 5.41) is 0. The van der Waals surface area contributed by atoms with Crippen molar-refractivity contribution < 1.29 is 9.15 Å². The highest BCUT2D eigenvalue weighted by molar-refractivity contribution is 5.76. The third-order valence-corrected chi connectivity index (χ3v) is 3.06. The minimum absolute atomic E-state index is 0.00590. The molecule has 0 aliphatic carbocycles. The Kier molecular flexibility index (Phi) is 2.11. The minimum atomic E-state index is -0.00590. The van der Waals surface area contributed by atoms with Crippen molar-refractivity contribution in [3.8, 4) is 0 Å². The Bertz CT molecular complexity index is 521. The molecule has 1 aromatic heterocycles. The molecule has 2 heterocycles. The molecule has 3 rings (SSSR count). The maximum atomic E-state index is 5.69. The van der Waals surface area contributed by atoms with Crippen molar-refractivity contribution in [3.05, 3.63) is 24.1 Å². The van der Waals surface area contributed by atoms with Gasteiger partial charge in [-0.25, -0.2) is 4.98 Å². The highest BCUT2D eigenvalue weighted by atomic mass is 16.5. The predicted molar refractivity (Wildman–Crippen MR) is 60.9 cm³/mol. The van der Waals surface area contributed by atoms with Crippen molar-refractivity contribution >= 4 is 16.8 Å². The van der Waals surface area contributed by atoms with E-state index in [2.05, 4.69) is 11.9 Å². The lowest BCUT2D eigenvalue weighted by Crippen LogP contribution is -2.03. The van der Waals surface area contributed by atoms with Crippen molar-refractivity contribution in [2.75, 3.05) is 12.3 Å². The summed E-state index contributed by atoms with van der Waals surface area (Å²) >= 11 is 0. The highest BCUT2D eigenvalue weighted by Crippen LogP contribution is 2.35. The summed E-state index contributed by atoms with van der Waals surface area (Å²) in [6, 6.07) is 5.50. The van der Waals surface area contributed by atoms with Gasteiger partial charge in [0, 0.05) is 18.4 Å². The number of oxazole rings is 1. The van der Waals surface area contributed by atoms with Crippen LogP contribution in [0.5, 0.6) is 0 Å². The number of fused-ring (bicyclic) bond motifs is 1. The Hall–Kier alpha value is -1.55. The molecule has 2 aromatic rings. The molecular formula is C12H14N2O2. The molecule has 0 radical (unpaired) electrons. The fraction of sp³-hybridized carbons (Fsp3) is 0.417. The van der Waals surface area contributed by atoms with Gasteiger partial charge in [0.05, 0.1) is 0 Å². The summed E-state index contributed by atoms with van der Waals surface area (Å²) in [6.45, 7) is 2.94. The molecule has 1 aliphatic heterocycles. The molecule has 0 bridgehead atoms. The van der Waals surface area contributed by atoms with Crippen LogP contribution in [0.4, 0.5) is 5.69 Å². The van der Waals surface area contributed by atoms with Crippen LogP contribution < -0.4 is 5.73 Å². The maximum absolute atomic E-state index is 5.69. The van der Waals surface area contributed by atoms with E-state index in [1.807, 2.05) is 12.1 Å². The number of ether oxygens (including phenoxy) is 1. The van der Waals surface area contributed by atoms with E-state index >= 15 is 0 Å². The van der Waals surface area contributed by atoms with Gasteiger partial charge in [0.1, 0.15) is 11.6 Å². The summed E-state index contributed by atoms with van der Waals surface area (Å²) in [4.78, 5) is 4.44. The Labute approximate surface area is 93.4 Å². The third kappa shape index (κ3) is 1.46. The van der Waals surface area contributed by atoms with E-state index in [4.69, 9.17) is 14.9 Å². The second-order valence-electron chi connectivity index (χ2n) is 4.34. The van der Waals surface area contributed by atoms with E-state index in [0.717, 1.165) is 24.1 Å². The number of rotatable bonds is 1. The zero-order valence-corrected chi connectivity index (χ0v) is 9.14. The lowest BCUT2D eigenvalue weighted by Gasteiger charge is -2.08. The Morgan fingerprint density at radius 2 is 2.31 bits per heavy atom. The predicted octanol–water partition coefficient (Wildman–Crippen LogP) is 2.51. The number of hydrogen-bond acceptors (Lipinski definition) is 4. The zero-order chi connectivity index (χ0) is 11.1. The van der Waals surface area contributed by atoms with E-state index < -0.39 is 0 Å². The normalized spacial score (nSPS) is 25.3. The molecular weight excluding hydrogens is 204 g/mol. The average molecular weight is 218 g/mol. The van der Waals surface area contributed by atoms with Crippen LogP contribution in [0.2, 0.25) is 0 Å². The van der Waals surface area contributed by atoms with Crippen molar-refractivity contribution in [2.24, 2.45) is 5.92 Å². The van der Waals surface area contributed by atoms with Crippen molar-refractivity contribution in [2.45, 2.75) is 19.4 Å². The van der Waals surface area contributed by atoms with E-state index in [9.17, 15) is 0 Å². The highest BCUT2D eigenvalue weighted by Gasteiger charge is 2.30. The zero-order valence-electron chi connectivity index (χ0n) is 9.14. The van der Waals surface area contributed by atoms with Crippen LogP contribution in [-0.2, 0) is 4.74 Å². The number of benzene rings is 1. The summed E-state index contributed by atoms with van der Waals surface area (Å²) in [5.74, 6) is 1.14. The molecule has 4 nitrogen and oxygen atoms in total. The van der Waals surface area contributed by atoms with Gasteiger partial charge in [-0.05, 0) is 24.5 Å². The average Bonchev–Trinajstić information content (AvgIpc) is 2.82. The second kappa shape index (κ2) is 3.49. The summed E-state index contributed by atoms with van der Waals surface area (Å²) in [6.07, 6.45) is 1.06. The van der Waals surface area contributed by atoms with Crippen LogP contribution in [0.15, 0.2) is 22.6 Å². The van der Waals surface area contributed by atoms with Gasteiger partial charge in [-0.2, -0.15) is 0 Å². The molecule has 84 valence electrons. The van der Waals surface area contributed by atoms with Crippen LogP contribution in [0, 0.1) is 5.92 Å². The van der Waals surface area contributed by atoms with E-state index in [1.165, 1.54) is 0 Å². The van der Waals surface area contributed by atoms with Gasteiger partial charge in [0.25, 0.3) is 0 Å². The van der Waals surface area contributed by atoms with Crippen LogP contribution in [-0.4, -0.2) is 11.6 Å². The van der Waals surface area contributed by atoms with Gasteiger partial charge in [0.2, 0.25) is 5.89 Å². The molecule has 1 aromatic carbocycles. The van der Waals surface area contributed by atoms with Gasteiger partial charge < -0.3 is 14.9 Å². The number of nitrogens with two attached hydrogens (primary N) is 1. The molecule has 2 unspecified atom stereocenters. The molecule has 0 spiro atoms. The first-order valence-corrected chi connectivity index (χ1v) is 5.51. The monoisotopic (exact) mass is 218 g/mol. The maximum Gasteiger partial charge on any atom is 0.224 e. The quantitative estimate of drug-likeness (QED) is 0.747. The van der Waals surface area contributed by atoms with E-state index in [-0.39, 0.29) is 6.10 Å². The minimum Gasteiger partial charge on any atom is -0.438 e. The Morgan fingerprint density at radius 1 is 1.44 bits per heavy atom.